The highest BCUT2D eigenvalue weighted by Gasteiger charge is 2.25. The van der Waals surface area contributed by atoms with Crippen molar-refractivity contribution in [1.29, 1.82) is 0 Å². The van der Waals surface area contributed by atoms with Gasteiger partial charge in [0.1, 0.15) is 5.82 Å². The van der Waals surface area contributed by atoms with Crippen molar-refractivity contribution in [3.8, 4) is 0 Å². The minimum atomic E-state index is -0.698. The summed E-state index contributed by atoms with van der Waals surface area (Å²) in [6, 6.07) is 4.16. The minimum absolute atomic E-state index is 0.272. The van der Waals surface area contributed by atoms with E-state index >= 15 is 0 Å². The van der Waals surface area contributed by atoms with Gasteiger partial charge in [0.15, 0.2) is 0 Å². The fraction of sp³-hybridized carbons (Fsp3) is 0.429. The van der Waals surface area contributed by atoms with Crippen LogP contribution in [0.25, 0.3) is 10.1 Å². The Hall–Kier alpha value is -1.62. The number of anilines is 1. The molecule has 0 spiro atoms. The summed E-state index contributed by atoms with van der Waals surface area (Å²) in [6.45, 7) is 1.90. The van der Waals surface area contributed by atoms with Crippen molar-refractivity contribution < 1.29 is 9.90 Å². The number of rotatable bonds is 4. The lowest BCUT2D eigenvalue weighted by Gasteiger charge is -2.18. The zero-order valence-corrected chi connectivity index (χ0v) is 11.4. The van der Waals surface area contributed by atoms with Crippen LogP contribution in [0.2, 0.25) is 0 Å². The van der Waals surface area contributed by atoms with Crippen LogP contribution in [0.3, 0.4) is 0 Å². The first-order valence-electron chi connectivity index (χ1n) is 6.53. The zero-order chi connectivity index (χ0) is 13.2. The Morgan fingerprint density at radius 3 is 3.26 bits per heavy atom. The van der Waals surface area contributed by atoms with Gasteiger partial charge in [0.05, 0.1) is 0 Å². The molecule has 5 heteroatoms. The summed E-state index contributed by atoms with van der Waals surface area (Å²) in [4.78, 5) is 17.4. The molecule has 3 heterocycles. The summed E-state index contributed by atoms with van der Waals surface area (Å²) in [5.41, 5.74) is 0. The molecular formula is C14H16N2O2S. The minimum Gasteiger partial charge on any atom is -0.481 e. The average molecular weight is 276 g/mol. The van der Waals surface area contributed by atoms with E-state index in [0.717, 1.165) is 31.7 Å². The number of aliphatic carboxylic acids is 1. The molecule has 1 aliphatic rings. The van der Waals surface area contributed by atoms with E-state index in [-0.39, 0.29) is 6.42 Å². The Morgan fingerprint density at radius 1 is 1.53 bits per heavy atom. The maximum Gasteiger partial charge on any atom is 0.303 e. The number of carbonyl (C=O) groups is 1. The van der Waals surface area contributed by atoms with Gasteiger partial charge in [-0.15, -0.1) is 11.3 Å². The second-order valence-corrected chi connectivity index (χ2v) is 5.95. The molecule has 1 fully saturated rings. The fourth-order valence-electron chi connectivity index (χ4n) is 2.72. The van der Waals surface area contributed by atoms with E-state index in [1.165, 1.54) is 10.1 Å². The Labute approximate surface area is 115 Å². The average Bonchev–Trinajstić information content (AvgIpc) is 3.04. The molecule has 4 nitrogen and oxygen atoms in total. The summed E-state index contributed by atoms with van der Waals surface area (Å²) < 4.78 is 1.26. The van der Waals surface area contributed by atoms with E-state index in [9.17, 15) is 4.79 Å². The molecule has 2 aromatic rings. The number of thiophene rings is 1. The lowest BCUT2D eigenvalue weighted by Crippen LogP contribution is -2.21. The molecule has 100 valence electrons. The number of pyridine rings is 1. The SMILES string of the molecule is O=C(O)CCC1CCN(c2nccc3sccc23)C1. The molecular weight excluding hydrogens is 260 g/mol. The monoisotopic (exact) mass is 276 g/mol. The van der Waals surface area contributed by atoms with Crippen molar-refractivity contribution in [3.05, 3.63) is 23.7 Å². The lowest BCUT2D eigenvalue weighted by molar-refractivity contribution is -0.137. The van der Waals surface area contributed by atoms with Gasteiger partial charge in [-0.2, -0.15) is 0 Å². The molecule has 1 atom stereocenters. The Balaban J connectivity index is 1.74. The van der Waals surface area contributed by atoms with Gasteiger partial charge in [0.25, 0.3) is 0 Å². The smallest absolute Gasteiger partial charge is 0.303 e. The molecule has 0 aliphatic carbocycles. The molecule has 0 radical (unpaired) electrons. The maximum atomic E-state index is 10.6. The summed E-state index contributed by atoms with van der Waals surface area (Å²) in [6.07, 6.45) is 3.97. The van der Waals surface area contributed by atoms with Gasteiger partial charge in [0.2, 0.25) is 0 Å². The van der Waals surface area contributed by atoms with Crippen LogP contribution in [-0.4, -0.2) is 29.1 Å². The topological polar surface area (TPSA) is 53.4 Å². The van der Waals surface area contributed by atoms with Crippen molar-refractivity contribution in [2.45, 2.75) is 19.3 Å². The van der Waals surface area contributed by atoms with Crippen LogP contribution in [0.5, 0.6) is 0 Å². The third kappa shape index (κ3) is 2.56. The first-order chi connectivity index (χ1) is 9.24. The van der Waals surface area contributed by atoms with Gasteiger partial charge in [0, 0.05) is 35.8 Å². The number of nitrogens with zero attached hydrogens (tertiary/aromatic N) is 2. The Morgan fingerprint density at radius 2 is 2.42 bits per heavy atom. The zero-order valence-electron chi connectivity index (χ0n) is 10.6. The van der Waals surface area contributed by atoms with E-state index < -0.39 is 5.97 Å². The molecule has 1 N–H and O–H groups in total. The largest absolute Gasteiger partial charge is 0.481 e. The van der Waals surface area contributed by atoms with Gasteiger partial charge >= 0.3 is 5.97 Å². The molecule has 1 unspecified atom stereocenters. The Bertz CT molecular complexity index is 596. The highest BCUT2D eigenvalue weighted by atomic mass is 32.1. The van der Waals surface area contributed by atoms with E-state index in [0.29, 0.717) is 5.92 Å². The molecule has 19 heavy (non-hydrogen) atoms. The van der Waals surface area contributed by atoms with E-state index in [2.05, 4.69) is 21.3 Å². The molecule has 0 bridgehead atoms. The second kappa shape index (κ2) is 5.17. The van der Waals surface area contributed by atoms with E-state index in [1.54, 1.807) is 11.3 Å². The number of hydrogen-bond acceptors (Lipinski definition) is 4. The van der Waals surface area contributed by atoms with Crippen LogP contribution < -0.4 is 4.90 Å². The van der Waals surface area contributed by atoms with Crippen molar-refractivity contribution in [1.82, 2.24) is 4.98 Å². The predicted octanol–water partition coefficient (Wildman–Crippen LogP) is 2.99. The van der Waals surface area contributed by atoms with Gasteiger partial charge in [-0.05, 0) is 36.3 Å². The third-order valence-corrected chi connectivity index (χ3v) is 4.59. The van der Waals surface area contributed by atoms with Gasteiger partial charge in [-0.25, -0.2) is 4.98 Å². The summed E-state index contributed by atoms with van der Waals surface area (Å²) >= 11 is 1.73. The first-order valence-corrected chi connectivity index (χ1v) is 7.41. The van der Waals surface area contributed by atoms with Crippen LogP contribution >= 0.6 is 11.3 Å². The summed E-state index contributed by atoms with van der Waals surface area (Å²) in [5, 5.41) is 12.1. The summed E-state index contributed by atoms with van der Waals surface area (Å²) in [7, 11) is 0. The second-order valence-electron chi connectivity index (χ2n) is 5.00. The standard InChI is InChI=1S/C14H16N2O2S/c17-13(18)2-1-10-4-7-16(9-10)14-11-5-8-19-12(11)3-6-15-14/h3,5-6,8,10H,1-2,4,7,9H2,(H,17,18). The highest BCUT2D eigenvalue weighted by Crippen LogP contribution is 2.32. The lowest BCUT2D eigenvalue weighted by atomic mass is 10.0. The number of hydrogen-bond donors (Lipinski definition) is 1. The van der Waals surface area contributed by atoms with E-state index in [4.69, 9.17) is 5.11 Å². The normalized spacial score (nSPS) is 19.2. The van der Waals surface area contributed by atoms with Gasteiger partial charge < -0.3 is 10.0 Å². The molecule has 0 amide bonds. The third-order valence-electron chi connectivity index (χ3n) is 3.71. The molecule has 0 saturated carbocycles. The number of carboxylic acid groups (broad SMARTS) is 1. The van der Waals surface area contributed by atoms with Crippen molar-refractivity contribution in [2.75, 3.05) is 18.0 Å². The van der Waals surface area contributed by atoms with E-state index in [1.807, 2.05) is 12.3 Å². The number of fused-ring (bicyclic) bond motifs is 1. The first kappa shape index (κ1) is 12.4. The van der Waals surface area contributed by atoms with Crippen LogP contribution in [0.15, 0.2) is 23.7 Å². The quantitative estimate of drug-likeness (QED) is 0.932. The molecule has 0 aromatic carbocycles. The van der Waals surface area contributed by atoms with Gasteiger partial charge in [-0.3, -0.25) is 4.79 Å². The highest BCUT2D eigenvalue weighted by molar-refractivity contribution is 7.17. The van der Waals surface area contributed by atoms with Crippen molar-refractivity contribution >= 4 is 33.2 Å². The molecule has 3 rings (SSSR count). The van der Waals surface area contributed by atoms with Crippen molar-refractivity contribution in [3.63, 3.8) is 0 Å². The number of carboxylic acids is 1. The van der Waals surface area contributed by atoms with Crippen LogP contribution in [0.4, 0.5) is 5.82 Å². The van der Waals surface area contributed by atoms with Gasteiger partial charge in [-0.1, -0.05) is 0 Å². The summed E-state index contributed by atoms with van der Waals surface area (Å²) in [5.74, 6) is 0.833. The maximum absolute atomic E-state index is 10.6. The van der Waals surface area contributed by atoms with Crippen LogP contribution in [0, 0.1) is 5.92 Å². The van der Waals surface area contributed by atoms with Crippen molar-refractivity contribution in [2.24, 2.45) is 5.92 Å². The molecule has 1 aliphatic heterocycles. The van der Waals surface area contributed by atoms with Crippen LogP contribution in [-0.2, 0) is 4.79 Å². The molecule has 2 aromatic heterocycles. The number of aromatic nitrogens is 1. The fourth-order valence-corrected chi connectivity index (χ4v) is 3.50. The predicted molar refractivity (Wildman–Crippen MR) is 76.8 cm³/mol. The van der Waals surface area contributed by atoms with Crippen LogP contribution in [0.1, 0.15) is 19.3 Å². The molecule has 1 saturated heterocycles. The Kier molecular flexibility index (Phi) is 3.38.